The summed E-state index contributed by atoms with van der Waals surface area (Å²) in [7, 11) is 0. The molecule has 142 valence electrons. The molecule has 0 spiro atoms. The molecule has 0 unspecified atom stereocenters. The maximum atomic E-state index is 13.0. The number of aliphatic hydroxyl groups excluding tert-OH is 1. The first-order valence-corrected chi connectivity index (χ1v) is 10.6. The Kier molecular flexibility index (Phi) is 5.40. The monoisotopic (exact) mass is 404 g/mol. The maximum Gasteiger partial charge on any atom is 0.290 e. The van der Waals surface area contributed by atoms with E-state index in [1.165, 1.54) is 22.7 Å². The van der Waals surface area contributed by atoms with Crippen molar-refractivity contribution in [3.8, 4) is 0 Å². The van der Waals surface area contributed by atoms with E-state index in [9.17, 15) is 14.7 Å². The van der Waals surface area contributed by atoms with Crippen LogP contribution in [0, 0.1) is 0 Å². The second kappa shape index (κ2) is 7.93. The lowest BCUT2D eigenvalue weighted by atomic mass is 10.0. The number of nitrogens with zero attached hydrogens (tertiary/aromatic N) is 2. The summed E-state index contributed by atoms with van der Waals surface area (Å²) in [5.74, 6) is -1.17. The number of carbonyl (C=O) groups excluding carboxylic acids is 2. The van der Waals surface area contributed by atoms with Crippen LogP contribution in [0.5, 0.6) is 0 Å². The van der Waals surface area contributed by atoms with Gasteiger partial charge in [0.15, 0.2) is 5.76 Å². The molecule has 1 N–H and O–H groups in total. The van der Waals surface area contributed by atoms with Gasteiger partial charge in [-0.2, -0.15) is 0 Å². The van der Waals surface area contributed by atoms with Gasteiger partial charge in [-0.1, -0.05) is 12.1 Å². The minimum Gasteiger partial charge on any atom is -0.503 e. The maximum absolute atomic E-state index is 13.0. The van der Waals surface area contributed by atoms with Crippen LogP contribution in [0.1, 0.15) is 20.6 Å². The van der Waals surface area contributed by atoms with Crippen LogP contribution < -0.4 is 0 Å². The predicted molar refractivity (Wildman–Crippen MR) is 104 cm³/mol. The molecular formula is C19H20N2O4S2. The summed E-state index contributed by atoms with van der Waals surface area (Å²) < 4.78 is 5.37. The Morgan fingerprint density at radius 1 is 1.15 bits per heavy atom. The van der Waals surface area contributed by atoms with E-state index in [-0.39, 0.29) is 11.4 Å². The highest BCUT2D eigenvalue weighted by Gasteiger charge is 2.44. The fraction of sp³-hybridized carbons (Fsp3) is 0.368. The van der Waals surface area contributed by atoms with Crippen molar-refractivity contribution in [3.63, 3.8) is 0 Å². The lowest BCUT2D eigenvalue weighted by Gasteiger charge is -2.31. The van der Waals surface area contributed by atoms with Crippen molar-refractivity contribution in [1.82, 2.24) is 9.80 Å². The number of hydrogen-bond acceptors (Lipinski definition) is 7. The Labute approximate surface area is 165 Å². The van der Waals surface area contributed by atoms with Crippen molar-refractivity contribution in [2.24, 2.45) is 0 Å². The van der Waals surface area contributed by atoms with Crippen LogP contribution in [0.15, 0.2) is 46.4 Å². The number of aliphatic hydroxyl groups is 1. The molecule has 0 aliphatic carbocycles. The summed E-state index contributed by atoms with van der Waals surface area (Å²) in [4.78, 5) is 31.1. The van der Waals surface area contributed by atoms with Gasteiger partial charge in [0.05, 0.1) is 29.7 Å². The number of thiophene rings is 2. The van der Waals surface area contributed by atoms with Crippen molar-refractivity contribution in [2.75, 3.05) is 39.4 Å². The first kappa shape index (κ1) is 18.4. The van der Waals surface area contributed by atoms with Crippen molar-refractivity contribution >= 4 is 34.4 Å². The predicted octanol–water partition coefficient (Wildman–Crippen LogP) is 2.72. The van der Waals surface area contributed by atoms with Crippen LogP contribution in [-0.2, 0) is 9.53 Å². The van der Waals surface area contributed by atoms with Gasteiger partial charge >= 0.3 is 0 Å². The lowest BCUT2D eigenvalue weighted by molar-refractivity contribution is -0.129. The molecule has 2 aliphatic heterocycles. The third-order valence-electron chi connectivity index (χ3n) is 4.87. The van der Waals surface area contributed by atoms with E-state index in [0.717, 1.165) is 18.0 Å². The minimum absolute atomic E-state index is 0.187. The summed E-state index contributed by atoms with van der Waals surface area (Å²) in [5.41, 5.74) is 0.187. The topological polar surface area (TPSA) is 70.1 Å². The van der Waals surface area contributed by atoms with Gasteiger partial charge in [-0.3, -0.25) is 14.5 Å². The van der Waals surface area contributed by atoms with Gasteiger partial charge in [0.25, 0.3) is 5.91 Å². The smallest absolute Gasteiger partial charge is 0.290 e. The Morgan fingerprint density at radius 2 is 1.89 bits per heavy atom. The fourth-order valence-corrected chi connectivity index (χ4v) is 5.00. The molecule has 27 heavy (non-hydrogen) atoms. The molecule has 2 aromatic heterocycles. The molecule has 0 saturated carbocycles. The minimum atomic E-state index is -0.534. The van der Waals surface area contributed by atoms with E-state index < -0.39 is 17.7 Å². The lowest BCUT2D eigenvalue weighted by Crippen LogP contribution is -2.43. The van der Waals surface area contributed by atoms with E-state index in [1.807, 2.05) is 22.9 Å². The molecule has 6 nitrogen and oxygen atoms in total. The highest BCUT2D eigenvalue weighted by molar-refractivity contribution is 7.12. The summed E-state index contributed by atoms with van der Waals surface area (Å²) in [6, 6.07) is 6.79. The summed E-state index contributed by atoms with van der Waals surface area (Å²) in [5, 5.41) is 14.3. The molecule has 1 saturated heterocycles. The Hall–Kier alpha value is -2.00. The van der Waals surface area contributed by atoms with E-state index in [4.69, 9.17) is 4.74 Å². The van der Waals surface area contributed by atoms with E-state index in [0.29, 0.717) is 31.2 Å². The zero-order valence-corrected chi connectivity index (χ0v) is 16.3. The molecule has 4 rings (SSSR count). The summed E-state index contributed by atoms with van der Waals surface area (Å²) in [6.07, 6.45) is 0. The zero-order chi connectivity index (χ0) is 18.8. The number of morpholine rings is 1. The third kappa shape index (κ3) is 3.58. The van der Waals surface area contributed by atoms with Gasteiger partial charge in [0, 0.05) is 31.1 Å². The molecule has 2 aliphatic rings. The second-order valence-electron chi connectivity index (χ2n) is 6.44. The van der Waals surface area contributed by atoms with Crippen LogP contribution in [0.2, 0.25) is 0 Å². The third-order valence-corrected chi connectivity index (χ3v) is 6.66. The standard InChI is InChI=1S/C19H20N2O4S2/c22-17(14-4-2-12-27-14)15-16(13-3-1-11-26-13)21(19(24)18(15)23)6-5-20-7-9-25-10-8-20/h1-4,11-12,16,23H,5-10H2/t16-/m0/s1. The Bertz CT molecular complexity index is 839. The van der Waals surface area contributed by atoms with Crippen LogP contribution in [0.25, 0.3) is 0 Å². The van der Waals surface area contributed by atoms with Gasteiger partial charge in [-0.25, -0.2) is 0 Å². The van der Waals surface area contributed by atoms with Crippen molar-refractivity contribution in [3.05, 3.63) is 56.1 Å². The van der Waals surface area contributed by atoms with Crippen LogP contribution in [-0.4, -0.2) is 66.0 Å². The van der Waals surface area contributed by atoms with Crippen molar-refractivity contribution in [1.29, 1.82) is 0 Å². The highest BCUT2D eigenvalue weighted by atomic mass is 32.1. The molecule has 1 atom stereocenters. The number of Topliss-reactive ketones (excluding diaryl/α,β-unsaturated/α-hetero) is 1. The Balaban J connectivity index is 1.62. The van der Waals surface area contributed by atoms with E-state index in [2.05, 4.69) is 4.90 Å². The van der Waals surface area contributed by atoms with Gasteiger partial charge in [-0.15, -0.1) is 22.7 Å². The molecule has 0 aromatic carbocycles. The van der Waals surface area contributed by atoms with Crippen LogP contribution in [0.4, 0.5) is 0 Å². The Morgan fingerprint density at radius 3 is 2.56 bits per heavy atom. The van der Waals surface area contributed by atoms with Gasteiger partial charge < -0.3 is 14.7 Å². The quantitative estimate of drug-likeness (QED) is 0.750. The van der Waals surface area contributed by atoms with Crippen LogP contribution >= 0.6 is 22.7 Å². The molecule has 1 fully saturated rings. The molecule has 4 heterocycles. The van der Waals surface area contributed by atoms with Crippen LogP contribution in [0.3, 0.4) is 0 Å². The molecule has 1 amide bonds. The number of rotatable bonds is 6. The number of ether oxygens (including phenoxy) is 1. The average molecular weight is 405 g/mol. The molecule has 0 radical (unpaired) electrons. The summed E-state index contributed by atoms with van der Waals surface area (Å²) in [6.45, 7) is 4.16. The summed E-state index contributed by atoms with van der Waals surface area (Å²) >= 11 is 2.80. The normalized spacial score (nSPS) is 21.3. The zero-order valence-electron chi connectivity index (χ0n) is 14.7. The number of amides is 1. The molecule has 0 bridgehead atoms. The fourth-order valence-electron chi connectivity index (χ4n) is 3.47. The van der Waals surface area contributed by atoms with E-state index in [1.54, 1.807) is 17.0 Å². The largest absolute Gasteiger partial charge is 0.503 e. The number of hydrogen-bond donors (Lipinski definition) is 1. The van der Waals surface area contributed by atoms with Gasteiger partial charge in [-0.05, 0) is 22.9 Å². The van der Waals surface area contributed by atoms with Gasteiger partial charge in [0.2, 0.25) is 5.78 Å². The average Bonchev–Trinajstić information content (AvgIpc) is 3.43. The molecule has 2 aromatic rings. The number of ketones is 1. The molecular weight excluding hydrogens is 384 g/mol. The SMILES string of the molecule is O=C(C1=C(O)C(=O)N(CCN2CCOCC2)[C@H]1c1cccs1)c1cccs1. The first-order chi connectivity index (χ1) is 13.2. The second-order valence-corrected chi connectivity index (χ2v) is 8.37. The van der Waals surface area contributed by atoms with E-state index >= 15 is 0 Å². The van der Waals surface area contributed by atoms with Gasteiger partial charge in [0.1, 0.15) is 0 Å². The number of carbonyl (C=O) groups is 2. The van der Waals surface area contributed by atoms with Crippen molar-refractivity contribution in [2.45, 2.75) is 6.04 Å². The first-order valence-electron chi connectivity index (χ1n) is 8.82. The molecule has 8 heteroatoms. The highest BCUT2D eigenvalue weighted by Crippen LogP contribution is 2.40. The van der Waals surface area contributed by atoms with Crippen molar-refractivity contribution < 1.29 is 19.4 Å².